The second-order valence-corrected chi connectivity index (χ2v) is 5.84. The second-order valence-electron chi connectivity index (χ2n) is 4.58. The summed E-state index contributed by atoms with van der Waals surface area (Å²) in [7, 11) is 0. The molecular formula is C13H11BrClN5O. The molecule has 0 unspecified atom stereocenters. The van der Waals surface area contributed by atoms with E-state index in [0.717, 1.165) is 16.5 Å². The Morgan fingerprint density at radius 1 is 1.24 bits per heavy atom. The molecule has 1 aromatic carbocycles. The molecule has 4 N–H and O–H groups in total. The number of nitrogen functional groups attached to an aromatic ring is 1. The first kappa shape index (κ1) is 14.1. The Morgan fingerprint density at radius 2 is 2.05 bits per heavy atom. The molecule has 0 bridgehead atoms. The van der Waals surface area contributed by atoms with E-state index >= 15 is 0 Å². The van der Waals surface area contributed by atoms with Crippen molar-refractivity contribution in [3.63, 3.8) is 0 Å². The van der Waals surface area contributed by atoms with Gasteiger partial charge in [-0.15, -0.1) is 0 Å². The summed E-state index contributed by atoms with van der Waals surface area (Å²) in [6.07, 6.45) is 1.40. The lowest BCUT2D eigenvalue weighted by Crippen LogP contribution is -2.10. The summed E-state index contributed by atoms with van der Waals surface area (Å²) in [5.74, 6) is 0.748. The highest BCUT2D eigenvalue weighted by Crippen LogP contribution is 2.23. The first-order chi connectivity index (χ1) is 10.0. The minimum absolute atomic E-state index is 0.0604. The van der Waals surface area contributed by atoms with E-state index in [9.17, 15) is 4.79 Å². The van der Waals surface area contributed by atoms with Gasteiger partial charge in [0.15, 0.2) is 11.2 Å². The topological polar surface area (TPSA) is 100 Å². The second kappa shape index (κ2) is 5.50. The number of aryl methyl sites for hydroxylation is 2. The molecule has 0 fully saturated rings. The van der Waals surface area contributed by atoms with Gasteiger partial charge in [-0.1, -0.05) is 17.7 Å². The highest BCUT2D eigenvalue weighted by Gasteiger charge is 2.09. The number of nitrogens with two attached hydrogens (primary N) is 1. The first-order valence-corrected chi connectivity index (χ1v) is 7.38. The van der Waals surface area contributed by atoms with Gasteiger partial charge in [-0.3, -0.25) is 9.78 Å². The fourth-order valence-corrected chi connectivity index (χ4v) is 2.50. The number of anilines is 1. The molecule has 3 aromatic rings. The van der Waals surface area contributed by atoms with Crippen molar-refractivity contribution in [3.8, 4) is 0 Å². The number of aromatic amines is 2. The Bertz CT molecular complexity index is 873. The van der Waals surface area contributed by atoms with Gasteiger partial charge in [0.2, 0.25) is 5.95 Å². The summed E-state index contributed by atoms with van der Waals surface area (Å²) < 4.78 is 0.864. The number of hydrogen-bond acceptors (Lipinski definition) is 4. The zero-order chi connectivity index (χ0) is 15.0. The van der Waals surface area contributed by atoms with Crippen LogP contribution in [0.1, 0.15) is 11.4 Å². The van der Waals surface area contributed by atoms with Crippen molar-refractivity contribution >= 4 is 44.6 Å². The fourth-order valence-electron chi connectivity index (χ4n) is 2.05. The minimum atomic E-state index is -0.317. The maximum absolute atomic E-state index is 11.7. The number of benzene rings is 1. The summed E-state index contributed by atoms with van der Waals surface area (Å²) in [4.78, 5) is 25.4. The molecule has 2 heterocycles. The van der Waals surface area contributed by atoms with Gasteiger partial charge >= 0.3 is 0 Å². The van der Waals surface area contributed by atoms with Gasteiger partial charge in [-0.2, -0.15) is 4.98 Å². The third-order valence-electron chi connectivity index (χ3n) is 3.06. The molecule has 0 aliphatic rings. The summed E-state index contributed by atoms with van der Waals surface area (Å²) in [5, 5.41) is 0.669. The van der Waals surface area contributed by atoms with Gasteiger partial charge in [0.1, 0.15) is 5.82 Å². The lowest BCUT2D eigenvalue weighted by atomic mass is 10.1. The standard InChI is InChI=1S/C13H11BrClN5O/c14-7-3-1-6(5-8(7)15)2-4-9-17-10-11(18-9)19-13(16)20-12(10)21/h1,3,5H,2,4H2,(H4,16,17,18,19,20,21). The number of hydrogen-bond donors (Lipinski definition) is 3. The number of halogens is 2. The molecule has 8 heteroatoms. The third-order valence-corrected chi connectivity index (χ3v) is 4.30. The lowest BCUT2D eigenvalue weighted by Gasteiger charge is -2.01. The molecule has 0 atom stereocenters. The number of nitrogens with zero attached hydrogens (tertiary/aromatic N) is 2. The van der Waals surface area contributed by atoms with Crippen LogP contribution in [-0.2, 0) is 12.8 Å². The van der Waals surface area contributed by atoms with E-state index in [-0.39, 0.29) is 11.5 Å². The largest absolute Gasteiger partial charge is 0.369 e. The predicted molar refractivity (Wildman–Crippen MR) is 85.5 cm³/mol. The first-order valence-electron chi connectivity index (χ1n) is 6.21. The van der Waals surface area contributed by atoms with Crippen LogP contribution in [0.5, 0.6) is 0 Å². The monoisotopic (exact) mass is 367 g/mol. The molecule has 108 valence electrons. The maximum atomic E-state index is 11.7. The number of H-pyrrole nitrogens is 2. The summed E-state index contributed by atoms with van der Waals surface area (Å²) in [6, 6.07) is 5.79. The van der Waals surface area contributed by atoms with E-state index < -0.39 is 0 Å². The molecule has 0 aliphatic heterocycles. The van der Waals surface area contributed by atoms with Crippen LogP contribution in [0.4, 0.5) is 5.95 Å². The van der Waals surface area contributed by atoms with Gasteiger partial charge < -0.3 is 10.7 Å². The predicted octanol–water partition coefficient (Wildman–Crippen LogP) is 2.43. The van der Waals surface area contributed by atoms with Crippen LogP contribution in [-0.4, -0.2) is 19.9 Å². The molecular weight excluding hydrogens is 358 g/mol. The van der Waals surface area contributed by atoms with Crippen molar-refractivity contribution in [1.82, 2.24) is 19.9 Å². The normalized spacial score (nSPS) is 11.1. The zero-order valence-electron chi connectivity index (χ0n) is 10.8. The van der Waals surface area contributed by atoms with E-state index in [1.165, 1.54) is 0 Å². The SMILES string of the molecule is Nc1nc2nc(CCc3ccc(Br)c(Cl)c3)[nH]c2c(=O)[nH]1. The molecule has 0 aliphatic carbocycles. The molecule has 3 rings (SSSR count). The molecule has 21 heavy (non-hydrogen) atoms. The van der Waals surface area contributed by atoms with Crippen LogP contribution in [0.2, 0.25) is 5.02 Å². The summed E-state index contributed by atoms with van der Waals surface area (Å²) >= 11 is 9.41. The summed E-state index contributed by atoms with van der Waals surface area (Å²) in [5.41, 5.74) is 6.94. The third kappa shape index (κ3) is 2.93. The van der Waals surface area contributed by atoms with E-state index in [1.807, 2.05) is 18.2 Å². The Kier molecular flexibility index (Phi) is 3.69. The van der Waals surface area contributed by atoms with Gasteiger partial charge in [0.05, 0.1) is 5.02 Å². The van der Waals surface area contributed by atoms with Gasteiger partial charge in [-0.25, -0.2) is 4.98 Å². The van der Waals surface area contributed by atoms with E-state index in [1.54, 1.807) is 0 Å². The number of aromatic nitrogens is 4. The van der Waals surface area contributed by atoms with Crippen LogP contribution in [0.25, 0.3) is 11.2 Å². The van der Waals surface area contributed by atoms with Crippen LogP contribution < -0.4 is 11.3 Å². The average Bonchev–Trinajstić information content (AvgIpc) is 2.83. The maximum Gasteiger partial charge on any atom is 0.278 e. The molecule has 0 amide bonds. The number of rotatable bonds is 3. The Hall–Kier alpha value is -1.86. The van der Waals surface area contributed by atoms with E-state index in [0.29, 0.717) is 28.4 Å². The van der Waals surface area contributed by atoms with Crippen molar-refractivity contribution < 1.29 is 0 Å². The van der Waals surface area contributed by atoms with Crippen molar-refractivity contribution in [1.29, 1.82) is 0 Å². The molecule has 0 spiro atoms. The molecule has 2 aromatic heterocycles. The van der Waals surface area contributed by atoms with E-state index in [4.69, 9.17) is 17.3 Å². The van der Waals surface area contributed by atoms with Crippen LogP contribution in [0.15, 0.2) is 27.5 Å². The van der Waals surface area contributed by atoms with Gasteiger partial charge in [0, 0.05) is 10.9 Å². The van der Waals surface area contributed by atoms with Crippen molar-refractivity contribution in [3.05, 3.63) is 49.4 Å². The number of imidazole rings is 1. The van der Waals surface area contributed by atoms with E-state index in [2.05, 4.69) is 35.9 Å². The van der Waals surface area contributed by atoms with Crippen LogP contribution in [0, 0.1) is 0 Å². The van der Waals surface area contributed by atoms with Crippen molar-refractivity contribution in [2.75, 3.05) is 5.73 Å². The highest BCUT2D eigenvalue weighted by atomic mass is 79.9. The molecule has 6 nitrogen and oxygen atoms in total. The van der Waals surface area contributed by atoms with Crippen molar-refractivity contribution in [2.24, 2.45) is 0 Å². The zero-order valence-corrected chi connectivity index (χ0v) is 13.1. The number of nitrogens with one attached hydrogen (secondary N) is 2. The van der Waals surface area contributed by atoms with Crippen LogP contribution in [0.3, 0.4) is 0 Å². The highest BCUT2D eigenvalue weighted by molar-refractivity contribution is 9.10. The molecule has 0 saturated heterocycles. The smallest absolute Gasteiger partial charge is 0.278 e. The average molecular weight is 369 g/mol. The Labute approximate surface area is 132 Å². The van der Waals surface area contributed by atoms with Crippen molar-refractivity contribution in [2.45, 2.75) is 12.8 Å². The molecule has 0 radical (unpaired) electrons. The minimum Gasteiger partial charge on any atom is -0.369 e. The van der Waals surface area contributed by atoms with Gasteiger partial charge in [0.25, 0.3) is 5.56 Å². The van der Waals surface area contributed by atoms with Crippen LogP contribution >= 0.6 is 27.5 Å². The fraction of sp³-hybridized carbons (Fsp3) is 0.154. The summed E-state index contributed by atoms with van der Waals surface area (Å²) in [6.45, 7) is 0. The number of fused-ring (bicyclic) bond motifs is 1. The Balaban J connectivity index is 1.83. The molecule has 0 saturated carbocycles. The lowest BCUT2D eigenvalue weighted by molar-refractivity contribution is 0.888. The Morgan fingerprint density at radius 3 is 2.81 bits per heavy atom. The quantitative estimate of drug-likeness (QED) is 0.661. The van der Waals surface area contributed by atoms with Gasteiger partial charge in [-0.05, 0) is 40.0 Å².